The lowest BCUT2D eigenvalue weighted by molar-refractivity contribution is -0.0342. The molecule has 1 aromatic rings. The van der Waals surface area contributed by atoms with E-state index < -0.39 is 0 Å². The van der Waals surface area contributed by atoms with Crippen molar-refractivity contribution in [1.29, 1.82) is 0 Å². The highest BCUT2D eigenvalue weighted by molar-refractivity contribution is 5.93. The second kappa shape index (κ2) is 6.42. The second-order valence-corrected chi connectivity index (χ2v) is 6.78. The highest BCUT2D eigenvalue weighted by Gasteiger charge is 2.29. The van der Waals surface area contributed by atoms with E-state index >= 15 is 0 Å². The van der Waals surface area contributed by atoms with E-state index in [0.29, 0.717) is 25.5 Å². The minimum atomic E-state index is -0.0104. The SMILES string of the molecule is Cc1cc(C)c(C(=O)N2CCO[C@@H](CN(C)CC3CC3)C2)o1. The molecule has 2 aliphatic rings. The van der Waals surface area contributed by atoms with Crippen LogP contribution >= 0.6 is 0 Å². The van der Waals surface area contributed by atoms with Crippen LogP contribution in [-0.2, 0) is 4.74 Å². The molecular formula is C17H26N2O3. The summed E-state index contributed by atoms with van der Waals surface area (Å²) < 4.78 is 11.4. The van der Waals surface area contributed by atoms with Gasteiger partial charge in [-0.05, 0) is 45.7 Å². The van der Waals surface area contributed by atoms with Crippen molar-refractivity contribution in [3.8, 4) is 0 Å². The van der Waals surface area contributed by atoms with Crippen molar-refractivity contribution >= 4 is 5.91 Å². The Hall–Kier alpha value is -1.33. The van der Waals surface area contributed by atoms with Crippen LogP contribution in [0.2, 0.25) is 0 Å². The third kappa shape index (κ3) is 3.70. The molecule has 1 atom stereocenters. The zero-order valence-electron chi connectivity index (χ0n) is 13.8. The molecule has 1 aromatic heterocycles. The van der Waals surface area contributed by atoms with Crippen LogP contribution in [0.5, 0.6) is 0 Å². The van der Waals surface area contributed by atoms with Gasteiger partial charge < -0.3 is 19.0 Å². The highest BCUT2D eigenvalue weighted by atomic mass is 16.5. The molecule has 1 saturated carbocycles. The number of hydrogen-bond donors (Lipinski definition) is 0. The number of ether oxygens (including phenoxy) is 1. The highest BCUT2D eigenvalue weighted by Crippen LogP contribution is 2.29. The van der Waals surface area contributed by atoms with Gasteiger partial charge in [-0.1, -0.05) is 0 Å². The lowest BCUT2D eigenvalue weighted by Crippen LogP contribution is -2.49. The first-order chi connectivity index (χ1) is 10.5. The molecule has 5 nitrogen and oxygen atoms in total. The molecule has 0 spiro atoms. The Kier molecular flexibility index (Phi) is 4.54. The van der Waals surface area contributed by atoms with Gasteiger partial charge in [-0.25, -0.2) is 0 Å². The summed E-state index contributed by atoms with van der Waals surface area (Å²) >= 11 is 0. The van der Waals surface area contributed by atoms with E-state index in [1.807, 2.05) is 24.8 Å². The number of morpholine rings is 1. The maximum Gasteiger partial charge on any atom is 0.290 e. The minimum Gasteiger partial charge on any atom is -0.456 e. The van der Waals surface area contributed by atoms with Crippen molar-refractivity contribution in [3.05, 3.63) is 23.2 Å². The van der Waals surface area contributed by atoms with Crippen molar-refractivity contribution < 1.29 is 13.9 Å². The largest absolute Gasteiger partial charge is 0.456 e. The van der Waals surface area contributed by atoms with E-state index in [1.165, 1.54) is 12.8 Å². The van der Waals surface area contributed by atoms with Gasteiger partial charge in [0.1, 0.15) is 5.76 Å². The molecule has 2 fully saturated rings. The lowest BCUT2D eigenvalue weighted by Gasteiger charge is -2.34. The van der Waals surface area contributed by atoms with Gasteiger partial charge in [0.2, 0.25) is 0 Å². The van der Waals surface area contributed by atoms with E-state index in [0.717, 1.165) is 30.3 Å². The standard InChI is InChI=1S/C17H26N2O3/c1-12-8-13(2)22-16(12)17(20)19-6-7-21-15(11-19)10-18(3)9-14-4-5-14/h8,14-15H,4-7,9-11H2,1-3H3/t15-/m0/s1. The molecule has 0 unspecified atom stereocenters. The molecule has 0 radical (unpaired) electrons. The number of likely N-dealkylation sites (N-methyl/N-ethyl adjacent to an activating group) is 1. The van der Waals surface area contributed by atoms with Gasteiger partial charge in [0.15, 0.2) is 5.76 Å². The molecule has 1 amide bonds. The van der Waals surface area contributed by atoms with Crippen molar-refractivity contribution in [2.45, 2.75) is 32.8 Å². The van der Waals surface area contributed by atoms with Crippen LogP contribution in [0.15, 0.2) is 10.5 Å². The number of nitrogens with zero attached hydrogens (tertiary/aromatic N) is 2. The third-order valence-corrected chi connectivity index (χ3v) is 4.44. The molecule has 1 saturated heterocycles. The molecule has 0 aromatic carbocycles. The van der Waals surface area contributed by atoms with Crippen LogP contribution < -0.4 is 0 Å². The first-order valence-electron chi connectivity index (χ1n) is 8.19. The Bertz CT molecular complexity index is 536. The Morgan fingerprint density at radius 2 is 2.14 bits per heavy atom. The molecule has 0 bridgehead atoms. The molecule has 0 N–H and O–H groups in total. The first kappa shape index (κ1) is 15.6. The van der Waals surface area contributed by atoms with Crippen molar-refractivity contribution in [2.24, 2.45) is 5.92 Å². The van der Waals surface area contributed by atoms with Crippen molar-refractivity contribution in [2.75, 3.05) is 39.8 Å². The molecule has 1 aliphatic heterocycles. The van der Waals surface area contributed by atoms with Gasteiger partial charge in [0.05, 0.1) is 12.7 Å². The van der Waals surface area contributed by atoms with E-state index in [4.69, 9.17) is 9.15 Å². The van der Waals surface area contributed by atoms with Gasteiger partial charge in [-0.3, -0.25) is 4.79 Å². The fourth-order valence-corrected chi connectivity index (χ4v) is 3.17. The maximum absolute atomic E-state index is 12.6. The van der Waals surface area contributed by atoms with Crippen LogP contribution in [0.3, 0.4) is 0 Å². The summed E-state index contributed by atoms with van der Waals surface area (Å²) in [5.41, 5.74) is 0.913. The van der Waals surface area contributed by atoms with E-state index in [-0.39, 0.29) is 12.0 Å². The van der Waals surface area contributed by atoms with Crippen LogP contribution in [0, 0.1) is 19.8 Å². The number of hydrogen-bond acceptors (Lipinski definition) is 4. The predicted molar refractivity (Wildman–Crippen MR) is 84.0 cm³/mol. The Labute approximate surface area is 132 Å². The summed E-state index contributed by atoms with van der Waals surface area (Å²) in [5, 5.41) is 0. The summed E-state index contributed by atoms with van der Waals surface area (Å²) in [6.45, 7) is 7.71. The molecule has 22 heavy (non-hydrogen) atoms. The number of rotatable bonds is 5. The van der Waals surface area contributed by atoms with Gasteiger partial charge in [-0.2, -0.15) is 0 Å². The quantitative estimate of drug-likeness (QED) is 0.835. The van der Waals surface area contributed by atoms with Crippen molar-refractivity contribution in [3.63, 3.8) is 0 Å². The van der Waals surface area contributed by atoms with E-state index in [2.05, 4.69) is 11.9 Å². The number of amides is 1. The van der Waals surface area contributed by atoms with Gasteiger partial charge in [0, 0.05) is 31.7 Å². The monoisotopic (exact) mass is 306 g/mol. The van der Waals surface area contributed by atoms with Gasteiger partial charge in [0.25, 0.3) is 5.91 Å². The van der Waals surface area contributed by atoms with Crippen LogP contribution in [0.25, 0.3) is 0 Å². The van der Waals surface area contributed by atoms with Crippen LogP contribution in [-0.4, -0.2) is 61.6 Å². The summed E-state index contributed by atoms with van der Waals surface area (Å²) in [6, 6.07) is 1.91. The maximum atomic E-state index is 12.6. The molecule has 2 heterocycles. The molecule has 122 valence electrons. The summed E-state index contributed by atoms with van der Waals surface area (Å²) in [5.74, 6) is 2.13. The van der Waals surface area contributed by atoms with Gasteiger partial charge >= 0.3 is 0 Å². The second-order valence-electron chi connectivity index (χ2n) is 6.78. The van der Waals surface area contributed by atoms with Gasteiger partial charge in [-0.15, -0.1) is 0 Å². The lowest BCUT2D eigenvalue weighted by atomic mass is 10.2. The third-order valence-electron chi connectivity index (χ3n) is 4.44. The molecule has 3 rings (SSSR count). The van der Waals surface area contributed by atoms with E-state index in [9.17, 15) is 4.79 Å². The number of carbonyl (C=O) groups excluding carboxylic acids is 1. The number of aryl methyl sites for hydroxylation is 2. The Balaban J connectivity index is 1.57. The molecule has 5 heteroatoms. The zero-order chi connectivity index (χ0) is 15.7. The average Bonchev–Trinajstić information content (AvgIpc) is 3.21. The smallest absolute Gasteiger partial charge is 0.290 e. The predicted octanol–water partition coefficient (Wildman–Crippen LogP) is 2.08. The van der Waals surface area contributed by atoms with E-state index in [1.54, 1.807) is 0 Å². The topological polar surface area (TPSA) is 45.9 Å². The number of carbonyl (C=O) groups is 1. The fourth-order valence-electron chi connectivity index (χ4n) is 3.17. The molecule has 1 aliphatic carbocycles. The first-order valence-corrected chi connectivity index (χ1v) is 8.19. The van der Waals surface area contributed by atoms with Crippen LogP contribution in [0.4, 0.5) is 0 Å². The number of furan rings is 1. The van der Waals surface area contributed by atoms with Crippen molar-refractivity contribution in [1.82, 2.24) is 9.80 Å². The minimum absolute atomic E-state index is 0.0104. The zero-order valence-corrected chi connectivity index (χ0v) is 13.8. The molecular weight excluding hydrogens is 280 g/mol. The summed E-state index contributed by atoms with van der Waals surface area (Å²) in [4.78, 5) is 16.8. The normalized spacial score (nSPS) is 22.4. The summed E-state index contributed by atoms with van der Waals surface area (Å²) in [7, 11) is 2.14. The van der Waals surface area contributed by atoms with Crippen LogP contribution in [0.1, 0.15) is 34.7 Å². The Morgan fingerprint density at radius 3 is 2.77 bits per heavy atom. The fraction of sp³-hybridized carbons (Fsp3) is 0.706. The summed E-state index contributed by atoms with van der Waals surface area (Å²) in [6.07, 6.45) is 2.81. The Morgan fingerprint density at radius 1 is 1.36 bits per heavy atom. The average molecular weight is 306 g/mol.